The highest BCUT2D eigenvalue weighted by atomic mass is 35.5. The minimum atomic E-state index is -4.43. The molecule has 140 valence electrons. The van der Waals surface area contributed by atoms with Crippen LogP contribution in [0.15, 0.2) is 54.9 Å². The predicted octanol–water partition coefficient (Wildman–Crippen LogP) is 5.09. The Morgan fingerprint density at radius 3 is 2.41 bits per heavy atom. The van der Waals surface area contributed by atoms with Gasteiger partial charge in [-0.1, -0.05) is 29.8 Å². The number of anilines is 4. The van der Waals surface area contributed by atoms with Gasteiger partial charge in [-0.25, -0.2) is 9.97 Å². The molecule has 0 fully saturated rings. The van der Waals surface area contributed by atoms with Gasteiger partial charge >= 0.3 is 6.18 Å². The van der Waals surface area contributed by atoms with Gasteiger partial charge in [-0.15, -0.1) is 0 Å². The number of nitrogens with one attached hydrogen (secondary N) is 2. The summed E-state index contributed by atoms with van der Waals surface area (Å²) in [6.45, 7) is 0.446. The van der Waals surface area contributed by atoms with E-state index in [9.17, 15) is 13.2 Å². The summed E-state index contributed by atoms with van der Waals surface area (Å²) in [5, 5.41) is 6.50. The maximum Gasteiger partial charge on any atom is 0.416 e. The maximum absolute atomic E-state index is 12.8. The van der Waals surface area contributed by atoms with Crippen molar-refractivity contribution in [3.05, 3.63) is 71.0 Å². The van der Waals surface area contributed by atoms with Gasteiger partial charge in [-0.3, -0.25) is 0 Å². The molecular weight excluding hydrogens is 379 g/mol. The van der Waals surface area contributed by atoms with E-state index in [2.05, 4.69) is 20.6 Å². The molecule has 1 aromatic heterocycles. The number of hydrogen-bond acceptors (Lipinski definition) is 5. The van der Waals surface area contributed by atoms with Gasteiger partial charge in [0.05, 0.1) is 5.56 Å². The highest BCUT2D eigenvalue weighted by molar-refractivity contribution is 6.30. The zero-order valence-electron chi connectivity index (χ0n) is 13.9. The minimum absolute atomic E-state index is 0.198. The molecule has 0 radical (unpaired) electrons. The van der Waals surface area contributed by atoms with E-state index in [0.29, 0.717) is 17.4 Å². The van der Waals surface area contributed by atoms with Gasteiger partial charge < -0.3 is 16.4 Å². The van der Waals surface area contributed by atoms with E-state index in [1.165, 1.54) is 18.5 Å². The maximum atomic E-state index is 12.8. The van der Waals surface area contributed by atoms with E-state index in [1.807, 2.05) is 12.1 Å². The molecule has 0 bridgehead atoms. The van der Waals surface area contributed by atoms with Gasteiger partial charge in [0.2, 0.25) is 0 Å². The number of nitrogens with zero attached hydrogens (tertiary/aromatic N) is 2. The van der Waals surface area contributed by atoms with Gasteiger partial charge in [0.1, 0.15) is 12.0 Å². The molecule has 0 unspecified atom stereocenters. The molecule has 0 aliphatic heterocycles. The summed E-state index contributed by atoms with van der Waals surface area (Å²) in [4.78, 5) is 8.08. The number of nitrogens with two attached hydrogens (primary N) is 1. The zero-order valence-corrected chi connectivity index (χ0v) is 14.6. The lowest BCUT2D eigenvalue weighted by Crippen LogP contribution is -2.09. The number of halogens is 4. The van der Waals surface area contributed by atoms with Crippen molar-refractivity contribution in [1.82, 2.24) is 9.97 Å². The molecule has 5 nitrogen and oxygen atoms in total. The minimum Gasteiger partial charge on any atom is -0.393 e. The highest BCUT2D eigenvalue weighted by Gasteiger charge is 2.30. The Morgan fingerprint density at radius 1 is 1.00 bits per heavy atom. The van der Waals surface area contributed by atoms with Crippen molar-refractivity contribution in [1.29, 1.82) is 0 Å². The van der Waals surface area contributed by atoms with Crippen molar-refractivity contribution in [3.8, 4) is 0 Å². The van der Waals surface area contributed by atoms with Crippen LogP contribution in [0.1, 0.15) is 11.1 Å². The number of aromatic nitrogens is 2. The lowest BCUT2D eigenvalue weighted by atomic mass is 10.2. The fourth-order valence-corrected chi connectivity index (χ4v) is 2.46. The largest absolute Gasteiger partial charge is 0.416 e. The van der Waals surface area contributed by atoms with E-state index in [1.54, 1.807) is 12.1 Å². The summed E-state index contributed by atoms with van der Waals surface area (Å²) < 4.78 is 38.5. The van der Waals surface area contributed by atoms with Crippen LogP contribution in [0.5, 0.6) is 0 Å². The van der Waals surface area contributed by atoms with Gasteiger partial charge in [-0.2, -0.15) is 13.2 Å². The molecule has 4 N–H and O–H groups in total. The Balaban J connectivity index is 1.76. The smallest absolute Gasteiger partial charge is 0.393 e. The summed E-state index contributed by atoms with van der Waals surface area (Å²) in [6.07, 6.45) is -3.16. The molecule has 9 heteroatoms. The molecule has 0 saturated carbocycles. The van der Waals surface area contributed by atoms with Crippen molar-refractivity contribution in [3.63, 3.8) is 0 Å². The molecule has 1 heterocycles. The number of alkyl halides is 3. The third-order valence-corrected chi connectivity index (χ3v) is 3.96. The van der Waals surface area contributed by atoms with Gasteiger partial charge in [0, 0.05) is 17.3 Å². The Kier molecular flexibility index (Phi) is 5.36. The topological polar surface area (TPSA) is 75.9 Å². The number of nitrogen functional groups attached to an aromatic ring is 1. The van der Waals surface area contributed by atoms with Crippen LogP contribution in [-0.2, 0) is 12.7 Å². The van der Waals surface area contributed by atoms with Crippen LogP contribution < -0.4 is 16.4 Å². The first-order chi connectivity index (χ1) is 12.8. The van der Waals surface area contributed by atoms with Crippen LogP contribution in [-0.4, -0.2) is 9.97 Å². The fourth-order valence-electron chi connectivity index (χ4n) is 2.33. The van der Waals surface area contributed by atoms with Crippen LogP contribution in [0.3, 0.4) is 0 Å². The van der Waals surface area contributed by atoms with Gasteiger partial charge in [-0.05, 0) is 35.9 Å². The van der Waals surface area contributed by atoms with Crippen LogP contribution in [0, 0.1) is 0 Å². The second kappa shape index (κ2) is 7.71. The quantitative estimate of drug-likeness (QED) is 0.563. The average molecular weight is 394 g/mol. The SMILES string of the molecule is Nc1c(NCc2ccc(Cl)cc2)ncnc1Nc1cccc(C(F)(F)F)c1. The van der Waals surface area contributed by atoms with Crippen molar-refractivity contribution in [2.75, 3.05) is 16.4 Å². The Hall–Kier alpha value is -3.00. The van der Waals surface area contributed by atoms with E-state index in [4.69, 9.17) is 17.3 Å². The third kappa shape index (κ3) is 4.79. The predicted molar refractivity (Wildman–Crippen MR) is 99.9 cm³/mol. The molecule has 0 spiro atoms. The highest BCUT2D eigenvalue weighted by Crippen LogP contribution is 2.32. The molecule has 2 aromatic carbocycles. The zero-order chi connectivity index (χ0) is 19.4. The van der Waals surface area contributed by atoms with Gasteiger partial charge in [0.15, 0.2) is 11.6 Å². The second-order valence-corrected chi connectivity index (χ2v) is 6.10. The van der Waals surface area contributed by atoms with E-state index in [0.717, 1.165) is 17.7 Å². The molecular formula is C18H15ClF3N5. The molecule has 0 saturated heterocycles. The monoisotopic (exact) mass is 393 g/mol. The first kappa shape index (κ1) is 18.8. The summed E-state index contributed by atoms with van der Waals surface area (Å²) >= 11 is 5.85. The van der Waals surface area contributed by atoms with Crippen molar-refractivity contribution < 1.29 is 13.2 Å². The Labute approximate surface area is 158 Å². The van der Waals surface area contributed by atoms with E-state index in [-0.39, 0.29) is 17.2 Å². The number of hydrogen-bond donors (Lipinski definition) is 3. The van der Waals surface area contributed by atoms with E-state index >= 15 is 0 Å². The summed E-state index contributed by atoms with van der Waals surface area (Å²) in [6, 6.07) is 12.0. The van der Waals surface area contributed by atoms with Crippen LogP contribution in [0.4, 0.5) is 36.2 Å². The summed E-state index contributed by atoms with van der Waals surface area (Å²) in [5.41, 5.74) is 6.67. The van der Waals surface area contributed by atoms with Crippen LogP contribution in [0.2, 0.25) is 5.02 Å². The lowest BCUT2D eigenvalue weighted by molar-refractivity contribution is -0.137. The van der Waals surface area contributed by atoms with Crippen LogP contribution in [0.25, 0.3) is 0 Å². The van der Waals surface area contributed by atoms with Crippen molar-refractivity contribution in [2.24, 2.45) is 0 Å². The number of rotatable bonds is 5. The average Bonchev–Trinajstić information content (AvgIpc) is 2.63. The normalized spacial score (nSPS) is 11.3. The van der Waals surface area contributed by atoms with Gasteiger partial charge in [0.25, 0.3) is 0 Å². The summed E-state index contributed by atoms with van der Waals surface area (Å²) in [5.74, 6) is 0.581. The van der Waals surface area contributed by atoms with Crippen molar-refractivity contribution in [2.45, 2.75) is 12.7 Å². The molecule has 3 rings (SSSR count). The first-order valence-electron chi connectivity index (χ1n) is 7.86. The van der Waals surface area contributed by atoms with E-state index < -0.39 is 11.7 Å². The number of benzene rings is 2. The fraction of sp³-hybridized carbons (Fsp3) is 0.111. The first-order valence-corrected chi connectivity index (χ1v) is 8.24. The molecule has 0 aliphatic carbocycles. The second-order valence-electron chi connectivity index (χ2n) is 5.67. The lowest BCUT2D eigenvalue weighted by Gasteiger charge is -2.14. The summed E-state index contributed by atoms with van der Waals surface area (Å²) in [7, 11) is 0. The Morgan fingerprint density at radius 2 is 1.70 bits per heavy atom. The standard InChI is InChI=1S/C18H15ClF3N5/c19-13-6-4-11(5-7-13)9-24-16-15(23)17(26-10-25-16)27-14-3-1-2-12(8-14)18(20,21)22/h1-8,10H,9,23H2,(H2,24,25,26,27). The molecule has 0 aliphatic rings. The van der Waals surface area contributed by atoms with Crippen LogP contribution >= 0.6 is 11.6 Å². The Bertz CT molecular complexity index is 929. The molecule has 27 heavy (non-hydrogen) atoms. The van der Waals surface area contributed by atoms with Crippen molar-refractivity contribution >= 4 is 34.6 Å². The molecule has 3 aromatic rings. The molecule has 0 amide bonds. The third-order valence-electron chi connectivity index (χ3n) is 3.71. The molecule has 0 atom stereocenters.